The number of halogens is 1. The van der Waals surface area contributed by atoms with Gasteiger partial charge in [0, 0.05) is 0 Å². The molecule has 0 amide bonds. The van der Waals surface area contributed by atoms with Gasteiger partial charge in [-0.1, -0.05) is 24.4 Å². The molecule has 1 fully saturated rings. The third kappa shape index (κ3) is 1.40. The zero-order valence-electron chi connectivity index (χ0n) is 8.23. The highest BCUT2D eigenvalue weighted by atomic mass is 35.5. The molecular weight excluding hydrogens is 212 g/mol. The summed E-state index contributed by atoms with van der Waals surface area (Å²) in [5, 5.41) is 13.9. The Morgan fingerprint density at radius 2 is 2.07 bits per heavy atom. The van der Waals surface area contributed by atoms with E-state index in [-0.39, 0.29) is 0 Å². The van der Waals surface area contributed by atoms with Gasteiger partial charge in [0.15, 0.2) is 5.65 Å². The second kappa shape index (κ2) is 3.45. The summed E-state index contributed by atoms with van der Waals surface area (Å²) in [7, 11) is 0. The van der Waals surface area contributed by atoms with Crippen LogP contribution < -0.4 is 0 Å². The van der Waals surface area contributed by atoms with E-state index in [4.69, 9.17) is 11.6 Å². The Hall–Kier alpha value is -1.16. The SMILES string of the molecule is Clc1cnnc2c1cnn2C1CCCC1. The van der Waals surface area contributed by atoms with Crippen LogP contribution in [-0.2, 0) is 0 Å². The van der Waals surface area contributed by atoms with Crippen molar-refractivity contribution in [2.75, 3.05) is 0 Å². The molecule has 0 aliphatic heterocycles. The lowest BCUT2D eigenvalue weighted by atomic mass is 10.2. The van der Waals surface area contributed by atoms with Crippen molar-refractivity contribution >= 4 is 22.6 Å². The highest BCUT2D eigenvalue weighted by molar-refractivity contribution is 6.34. The van der Waals surface area contributed by atoms with E-state index in [9.17, 15) is 0 Å². The van der Waals surface area contributed by atoms with Gasteiger partial charge in [-0.3, -0.25) is 0 Å². The van der Waals surface area contributed by atoms with Gasteiger partial charge < -0.3 is 0 Å². The zero-order chi connectivity index (χ0) is 10.3. The van der Waals surface area contributed by atoms with Gasteiger partial charge in [-0.25, -0.2) is 4.68 Å². The van der Waals surface area contributed by atoms with Gasteiger partial charge in [-0.05, 0) is 12.8 Å². The maximum atomic E-state index is 6.02. The molecule has 0 spiro atoms. The molecule has 78 valence electrons. The van der Waals surface area contributed by atoms with E-state index in [2.05, 4.69) is 15.3 Å². The first-order chi connectivity index (χ1) is 7.36. The Morgan fingerprint density at radius 1 is 1.27 bits per heavy atom. The highest BCUT2D eigenvalue weighted by Crippen LogP contribution is 2.31. The molecule has 0 bridgehead atoms. The molecule has 0 saturated heterocycles. The Labute approximate surface area is 92.3 Å². The molecule has 1 aliphatic carbocycles. The van der Waals surface area contributed by atoms with Gasteiger partial charge in [-0.2, -0.15) is 10.2 Å². The summed E-state index contributed by atoms with van der Waals surface area (Å²) >= 11 is 6.02. The highest BCUT2D eigenvalue weighted by Gasteiger charge is 2.20. The number of hydrogen-bond donors (Lipinski definition) is 0. The summed E-state index contributed by atoms with van der Waals surface area (Å²) < 4.78 is 1.97. The van der Waals surface area contributed by atoms with E-state index in [0.717, 1.165) is 11.0 Å². The molecule has 5 heteroatoms. The van der Waals surface area contributed by atoms with Crippen LogP contribution in [0.2, 0.25) is 5.02 Å². The predicted octanol–water partition coefficient (Wildman–Crippen LogP) is 2.59. The molecule has 1 aliphatic rings. The first kappa shape index (κ1) is 9.09. The molecule has 2 aromatic rings. The molecule has 0 unspecified atom stereocenters. The fraction of sp³-hybridized carbons (Fsp3) is 0.500. The van der Waals surface area contributed by atoms with Gasteiger partial charge in [0.05, 0.1) is 28.8 Å². The summed E-state index contributed by atoms with van der Waals surface area (Å²) in [6.07, 6.45) is 8.27. The third-order valence-electron chi connectivity index (χ3n) is 3.02. The Balaban J connectivity index is 2.15. The van der Waals surface area contributed by atoms with Crippen molar-refractivity contribution in [3.63, 3.8) is 0 Å². The monoisotopic (exact) mass is 222 g/mol. The van der Waals surface area contributed by atoms with Gasteiger partial charge in [0.1, 0.15) is 0 Å². The van der Waals surface area contributed by atoms with Crippen LogP contribution in [0.25, 0.3) is 11.0 Å². The predicted molar refractivity (Wildman–Crippen MR) is 57.8 cm³/mol. The van der Waals surface area contributed by atoms with Crippen LogP contribution >= 0.6 is 11.6 Å². The van der Waals surface area contributed by atoms with E-state index < -0.39 is 0 Å². The lowest BCUT2D eigenvalue weighted by Crippen LogP contribution is -2.07. The van der Waals surface area contributed by atoms with E-state index in [1.54, 1.807) is 12.4 Å². The Bertz CT molecular complexity index is 487. The average Bonchev–Trinajstić information content (AvgIpc) is 2.85. The third-order valence-corrected chi connectivity index (χ3v) is 3.32. The molecule has 0 radical (unpaired) electrons. The van der Waals surface area contributed by atoms with Gasteiger partial charge >= 0.3 is 0 Å². The van der Waals surface area contributed by atoms with Crippen LogP contribution in [0.3, 0.4) is 0 Å². The summed E-state index contributed by atoms with van der Waals surface area (Å²) in [5.41, 5.74) is 0.814. The zero-order valence-corrected chi connectivity index (χ0v) is 8.98. The lowest BCUT2D eigenvalue weighted by molar-refractivity contribution is 0.477. The van der Waals surface area contributed by atoms with Crippen LogP contribution in [0.5, 0.6) is 0 Å². The van der Waals surface area contributed by atoms with Gasteiger partial charge in [-0.15, -0.1) is 5.10 Å². The van der Waals surface area contributed by atoms with Crippen molar-refractivity contribution in [1.29, 1.82) is 0 Å². The topological polar surface area (TPSA) is 43.6 Å². The molecule has 0 aromatic carbocycles. The molecule has 4 nitrogen and oxygen atoms in total. The molecule has 2 heterocycles. The van der Waals surface area contributed by atoms with Crippen LogP contribution in [0.15, 0.2) is 12.4 Å². The standard InChI is InChI=1S/C10H11ClN4/c11-9-6-12-14-10-8(9)5-13-15(10)7-3-1-2-4-7/h5-7H,1-4H2. The van der Waals surface area contributed by atoms with Crippen LogP contribution in [0.1, 0.15) is 31.7 Å². The molecular formula is C10H11ClN4. The maximum absolute atomic E-state index is 6.02. The van der Waals surface area contributed by atoms with E-state index in [0.29, 0.717) is 11.1 Å². The van der Waals surface area contributed by atoms with Gasteiger partial charge in [0.25, 0.3) is 0 Å². The first-order valence-electron chi connectivity index (χ1n) is 5.20. The second-order valence-corrected chi connectivity index (χ2v) is 4.36. The fourth-order valence-corrected chi connectivity index (χ4v) is 2.42. The molecule has 0 atom stereocenters. The average molecular weight is 223 g/mol. The first-order valence-corrected chi connectivity index (χ1v) is 5.58. The smallest absolute Gasteiger partial charge is 0.182 e. The largest absolute Gasteiger partial charge is 0.243 e. The minimum atomic E-state index is 0.482. The lowest BCUT2D eigenvalue weighted by Gasteiger charge is -2.09. The van der Waals surface area contributed by atoms with Crippen LogP contribution in [-0.4, -0.2) is 20.0 Å². The number of aromatic nitrogens is 4. The van der Waals surface area contributed by atoms with Crippen molar-refractivity contribution in [2.45, 2.75) is 31.7 Å². The maximum Gasteiger partial charge on any atom is 0.182 e. The van der Waals surface area contributed by atoms with E-state index >= 15 is 0 Å². The van der Waals surface area contributed by atoms with Gasteiger partial charge in [0.2, 0.25) is 0 Å². The fourth-order valence-electron chi connectivity index (χ4n) is 2.24. The Kier molecular flexibility index (Phi) is 2.09. The second-order valence-electron chi connectivity index (χ2n) is 3.96. The summed E-state index contributed by atoms with van der Waals surface area (Å²) in [4.78, 5) is 0. The Morgan fingerprint density at radius 3 is 2.87 bits per heavy atom. The van der Waals surface area contributed by atoms with Crippen LogP contribution in [0.4, 0.5) is 0 Å². The summed E-state index contributed by atoms with van der Waals surface area (Å²) in [5.74, 6) is 0. The summed E-state index contributed by atoms with van der Waals surface area (Å²) in [6, 6.07) is 0.482. The number of nitrogens with zero attached hydrogens (tertiary/aromatic N) is 4. The summed E-state index contributed by atoms with van der Waals surface area (Å²) in [6.45, 7) is 0. The van der Waals surface area contributed by atoms with Crippen molar-refractivity contribution in [2.24, 2.45) is 0 Å². The van der Waals surface area contributed by atoms with Crippen LogP contribution in [0, 0.1) is 0 Å². The minimum Gasteiger partial charge on any atom is -0.243 e. The minimum absolute atomic E-state index is 0.482. The molecule has 0 N–H and O–H groups in total. The van der Waals surface area contributed by atoms with Crippen molar-refractivity contribution in [3.8, 4) is 0 Å². The van der Waals surface area contributed by atoms with Crippen molar-refractivity contribution in [1.82, 2.24) is 20.0 Å². The van der Waals surface area contributed by atoms with Crippen molar-refractivity contribution < 1.29 is 0 Å². The molecule has 1 saturated carbocycles. The van der Waals surface area contributed by atoms with E-state index in [1.807, 2.05) is 4.68 Å². The normalized spacial score (nSPS) is 17.7. The van der Waals surface area contributed by atoms with E-state index in [1.165, 1.54) is 25.7 Å². The quantitative estimate of drug-likeness (QED) is 0.745. The van der Waals surface area contributed by atoms with Crippen molar-refractivity contribution in [3.05, 3.63) is 17.4 Å². The number of hydrogen-bond acceptors (Lipinski definition) is 3. The molecule has 2 aromatic heterocycles. The number of fused-ring (bicyclic) bond motifs is 1. The number of rotatable bonds is 1. The molecule has 3 rings (SSSR count). The molecule has 15 heavy (non-hydrogen) atoms.